The van der Waals surface area contributed by atoms with Gasteiger partial charge in [-0.05, 0) is 18.4 Å². The van der Waals surface area contributed by atoms with Crippen LogP contribution in [0.3, 0.4) is 0 Å². The molecule has 0 amide bonds. The molecule has 76 valence electrons. The number of nitrogen functional groups attached to an aromatic ring is 1. The molecule has 2 N–H and O–H groups in total. The van der Waals surface area contributed by atoms with E-state index in [1.807, 2.05) is 18.2 Å². The fourth-order valence-corrected chi connectivity index (χ4v) is 1.46. The Hall–Kier alpha value is -1.90. The van der Waals surface area contributed by atoms with Crippen LogP contribution in [-0.4, -0.2) is 9.97 Å². The van der Waals surface area contributed by atoms with Gasteiger partial charge in [0.25, 0.3) is 0 Å². The lowest BCUT2D eigenvalue weighted by Crippen LogP contribution is -1.99. The minimum Gasteiger partial charge on any atom is -0.382 e. The molecule has 0 spiro atoms. The summed E-state index contributed by atoms with van der Waals surface area (Å²) in [6.45, 7) is 0. The van der Waals surface area contributed by atoms with Crippen LogP contribution in [0.4, 0.5) is 5.82 Å². The summed E-state index contributed by atoms with van der Waals surface area (Å²) in [4.78, 5) is 8.21. The van der Waals surface area contributed by atoms with E-state index in [2.05, 4.69) is 22.1 Å². The molecule has 0 bridgehead atoms. The maximum atomic E-state index is 5.55. The summed E-state index contributed by atoms with van der Waals surface area (Å²) in [5.74, 6) is 0.487. The van der Waals surface area contributed by atoms with E-state index < -0.39 is 0 Å². The summed E-state index contributed by atoms with van der Waals surface area (Å²) in [6, 6.07) is 10.3. The van der Waals surface area contributed by atoms with Gasteiger partial charge in [0.1, 0.15) is 5.82 Å². The Morgan fingerprint density at radius 2 is 1.80 bits per heavy atom. The number of benzene rings is 1. The molecule has 0 radical (unpaired) electrons. The molecule has 3 heteroatoms. The Morgan fingerprint density at radius 3 is 2.53 bits per heavy atom. The predicted molar refractivity (Wildman–Crippen MR) is 60.3 cm³/mol. The average Bonchev–Trinajstić information content (AvgIpc) is 2.28. The number of nitrogens with two attached hydrogens (primary N) is 1. The Bertz CT molecular complexity index is 426. The van der Waals surface area contributed by atoms with Gasteiger partial charge in [0, 0.05) is 6.20 Å². The zero-order chi connectivity index (χ0) is 10.5. The maximum Gasteiger partial charge on any atom is 0.142 e. The van der Waals surface area contributed by atoms with Crippen LogP contribution in [0, 0.1) is 0 Å². The molecule has 3 nitrogen and oxygen atoms in total. The number of hydrogen-bond acceptors (Lipinski definition) is 3. The molecule has 2 rings (SSSR count). The molecule has 0 saturated carbocycles. The van der Waals surface area contributed by atoms with E-state index in [1.54, 1.807) is 12.4 Å². The van der Waals surface area contributed by atoms with E-state index in [4.69, 9.17) is 5.73 Å². The Labute approximate surface area is 89.0 Å². The monoisotopic (exact) mass is 199 g/mol. The van der Waals surface area contributed by atoms with Crippen LogP contribution in [0.25, 0.3) is 0 Å². The third-order valence-electron chi connectivity index (χ3n) is 2.22. The number of rotatable bonds is 3. The van der Waals surface area contributed by atoms with Crippen LogP contribution in [0.1, 0.15) is 11.3 Å². The van der Waals surface area contributed by atoms with Gasteiger partial charge in [-0.15, -0.1) is 0 Å². The molecule has 0 aliphatic carbocycles. The first-order chi connectivity index (χ1) is 7.34. The molecule has 0 atom stereocenters. The third-order valence-corrected chi connectivity index (χ3v) is 2.22. The van der Waals surface area contributed by atoms with E-state index in [0.717, 1.165) is 18.5 Å². The highest BCUT2D eigenvalue weighted by Gasteiger charge is 1.97. The molecule has 0 aliphatic rings. The minimum absolute atomic E-state index is 0.487. The molecular weight excluding hydrogens is 186 g/mol. The quantitative estimate of drug-likeness (QED) is 0.820. The van der Waals surface area contributed by atoms with E-state index in [0.29, 0.717) is 5.82 Å². The van der Waals surface area contributed by atoms with Gasteiger partial charge in [-0.2, -0.15) is 0 Å². The molecule has 15 heavy (non-hydrogen) atoms. The average molecular weight is 199 g/mol. The normalized spacial score (nSPS) is 10.1. The summed E-state index contributed by atoms with van der Waals surface area (Å²) >= 11 is 0. The van der Waals surface area contributed by atoms with Crippen molar-refractivity contribution in [2.75, 3.05) is 5.73 Å². The Balaban J connectivity index is 1.99. The minimum atomic E-state index is 0.487. The van der Waals surface area contributed by atoms with Gasteiger partial charge < -0.3 is 5.73 Å². The first-order valence-corrected chi connectivity index (χ1v) is 4.95. The lowest BCUT2D eigenvalue weighted by Gasteiger charge is -2.01. The van der Waals surface area contributed by atoms with Crippen molar-refractivity contribution >= 4 is 5.82 Å². The van der Waals surface area contributed by atoms with Crippen molar-refractivity contribution in [2.24, 2.45) is 0 Å². The molecule has 1 heterocycles. The van der Waals surface area contributed by atoms with Crippen molar-refractivity contribution in [1.82, 2.24) is 9.97 Å². The van der Waals surface area contributed by atoms with Gasteiger partial charge in [0.2, 0.25) is 0 Å². The first kappa shape index (κ1) is 9.65. The summed E-state index contributed by atoms with van der Waals surface area (Å²) in [7, 11) is 0. The van der Waals surface area contributed by atoms with Gasteiger partial charge in [-0.1, -0.05) is 30.3 Å². The molecule has 1 aromatic carbocycles. The topological polar surface area (TPSA) is 51.8 Å². The zero-order valence-corrected chi connectivity index (χ0v) is 8.43. The van der Waals surface area contributed by atoms with Crippen LogP contribution >= 0.6 is 0 Å². The van der Waals surface area contributed by atoms with Crippen molar-refractivity contribution in [3.63, 3.8) is 0 Å². The zero-order valence-electron chi connectivity index (χ0n) is 8.43. The van der Waals surface area contributed by atoms with Crippen LogP contribution in [0.2, 0.25) is 0 Å². The van der Waals surface area contributed by atoms with Crippen molar-refractivity contribution in [3.05, 3.63) is 54.0 Å². The number of hydrogen-bond donors (Lipinski definition) is 1. The summed E-state index contributed by atoms with van der Waals surface area (Å²) < 4.78 is 0. The number of aromatic nitrogens is 2. The van der Waals surface area contributed by atoms with Gasteiger partial charge in [-0.3, -0.25) is 4.98 Å². The van der Waals surface area contributed by atoms with Crippen molar-refractivity contribution in [1.29, 1.82) is 0 Å². The maximum absolute atomic E-state index is 5.55. The third kappa shape index (κ3) is 2.77. The van der Waals surface area contributed by atoms with Gasteiger partial charge in [0.15, 0.2) is 0 Å². The van der Waals surface area contributed by atoms with Crippen molar-refractivity contribution in [3.8, 4) is 0 Å². The standard InChI is InChI=1S/C12H13N3/c13-12-9-14-8-11(15-12)7-6-10-4-2-1-3-5-10/h1-5,8-9H,6-7H2,(H2,13,15). The smallest absolute Gasteiger partial charge is 0.142 e. The number of anilines is 1. The molecular formula is C12H13N3. The fourth-order valence-electron chi connectivity index (χ4n) is 1.46. The summed E-state index contributed by atoms with van der Waals surface area (Å²) in [5.41, 5.74) is 7.80. The molecule has 1 aromatic heterocycles. The second-order valence-corrected chi connectivity index (χ2v) is 3.42. The highest BCUT2D eigenvalue weighted by atomic mass is 14.9. The van der Waals surface area contributed by atoms with Gasteiger partial charge >= 0.3 is 0 Å². The second-order valence-electron chi connectivity index (χ2n) is 3.42. The summed E-state index contributed by atoms with van der Waals surface area (Å²) in [5, 5.41) is 0. The first-order valence-electron chi connectivity index (χ1n) is 4.95. The Morgan fingerprint density at radius 1 is 1.00 bits per heavy atom. The molecule has 2 aromatic rings. The highest BCUT2D eigenvalue weighted by molar-refractivity contribution is 5.24. The fraction of sp³-hybridized carbons (Fsp3) is 0.167. The van der Waals surface area contributed by atoms with Crippen LogP contribution in [0.5, 0.6) is 0 Å². The number of nitrogens with zero attached hydrogens (tertiary/aromatic N) is 2. The number of aryl methyl sites for hydroxylation is 2. The summed E-state index contributed by atoms with van der Waals surface area (Å²) in [6.07, 6.45) is 5.17. The lowest BCUT2D eigenvalue weighted by atomic mass is 10.1. The Kier molecular flexibility index (Phi) is 2.93. The van der Waals surface area contributed by atoms with Gasteiger partial charge in [-0.25, -0.2) is 4.98 Å². The molecule has 0 aliphatic heterocycles. The predicted octanol–water partition coefficient (Wildman–Crippen LogP) is 1.84. The van der Waals surface area contributed by atoms with Crippen LogP contribution in [-0.2, 0) is 12.8 Å². The lowest BCUT2D eigenvalue weighted by molar-refractivity contribution is 0.902. The highest BCUT2D eigenvalue weighted by Crippen LogP contribution is 2.05. The van der Waals surface area contributed by atoms with E-state index in [-0.39, 0.29) is 0 Å². The van der Waals surface area contributed by atoms with Gasteiger partial charge in [0.05, 0.1) is 11.9 Å². The molecule has 0 saturated heterocycles. The van der Waals surface area contributed by atoms with E-state index >= 15 is 0 Å². The van der Waals surface area contributed by atoms with Crippen LogP contribution < -0.4 is 5.73 Å². The largest absolute Gasteiger partial charge is 0.382 e. The van der Waals surface area contributed by atoms with E-state index in [1.165, 1.54) is 5.56 Å². The molecule has 0 fully saturated rings. The van der Waals surface area contributed by atoms with E-state index in [9.17, 15) is 0 Å². The second kappa shape index (κ2) is 4.55. The van der Waals surface area contributed by atoms with Crippen molar-refractivity contribution < 1.29 is 0 Å². The van der Waals surface area contributed by atoms with Crippen LogP contribution in [0.15, 0.2) is 42.7 Å². The van der Waals surface area contributed by atoms with Crippen molar-refractivity contribution in [2.45, 2.75) is 12.8 Å². The molecule has 0 unspecified atom stereocenters. The SMILES string of the molecule is Nc1cncc(CCc2ccccc2)n1.